The summed E-state index contributed by atoms with van der Waals surface area (Å²) in [5.41, 5.74) is -0.0812. The molecule has 0 saturated carbocycles. The molecule has 11 heteroatoms. The molecule has 1 N–H and O–H groups in total. The van der Waals surface area contributed by atoms with Crippen LogP contribution in [0.2, 0.25) is 0 Å². The number of nitrogens with one attached hydrogen (secondary N) is 1. The van der Waals surface area contributed by atoms with Gasteiger partial charge in [0.1, 0.15) is 5.82 Å². The van der Waals surface area contributed by atoms with Crippen LogP contribution in [0.4, 0.5) is 19.0 Å². The zero-order chi connectivity index (χ0) is 21.8. The molecule has 0 aliphatic carbocycles. The molecule has 31 heavy (non-hydrogen) atoms. The van der Waals surface area contributed by atoms with Crippen LogP contribution in [0.3, 0.4) is 0 Å². The van der Waals surface area contributed by atoms with E-state index in [0.717, 1.165) is 49.3 Å². The normalized spacial score (nSPS) is 14.4. The first-order valence-corrected chi connectivity index (χ1v) is 10.9. The SMILES string of the molecule is CC(F)(F)F.O=c1ccnc(SCCCCCN2CCN(c3ccccn3)CC2)[nH]1.[Cl-]. The number of halogens is 4. The molecular formula is C20H28ClF3N5OS-. The fourth-order valence-corrected chi connectivity index (χ4v) is 3.80. The van der Waals surface area contributed by atoms with Gasteiger partial charge in [-0.1, -0.05) is 24.2 Å². The van der Waals surface area contributed by atoms with Gasteiger partial charge in [0.15, 0.2) is 5.16 Å². The Morgan fingerprint density at radius 1 is 1.03 bits per heavy atom. The van der Waals surface area contributed by atoms with Crippen molar-refractivity contribution in [3.05, 3.63) is 47.0 Å². The molecule has 3 rings (SSSR count). The number of alkyl halides is 3. The summed E-state index contributed by atoms with van der Waals surface area (Å²) >= 11 is 1.62. The largest absolute Gasteiger partial charge is 1.00 e. The Morgan fingerprint density at radius 3 is 2.35 bits per heavy atom. The molecule has 0 amide bonds. The minimum atomic E-state index is -4.00. The number of aromatic amines is 1. The van der Waals surface area contributed by atoms with Crippen molar-refractivity contribution in [2.75, 3.05) is 43.4 Å². The molecule has 1 saturated heterocycles. The number of anilines is 1. The lowest BCUT2D eigenvalue weighted by molar-refractivity contribution is -0.110. The Kier molecular flexibility index (Phi) is 12.6. The number of piperazine rings is 1. The number of aromatic nitrogens is 3. The summed E-state index contributed by atoms with van der Waals surface area (Å²) in [5.74, 6) is 2.09. The van der Waals surface area contributed by atoms with Crippen LogP contribution < -0.4 is 22.9 Å². The highest BCUT2D eigenvalue weighted by Gasteiger charge is 2.17. The number of H-pyrrole nitrogens is 1. The van der Waals surface area contributed by atoms with Crippen LogP contribution in [0.5, 0.6) is 0 Å². The van der Waals surface area contributed by atoms with Crippen molar-refractivity contribution in [3.63, 3.8) is 0 Å². The second-order valence-electron chi connectivity index (χ2n) is 6.95. The standard InChI is InChI=1S/C18H25N5OS.C2H3F3.ClH/c24-17-7-9-20-18(21-17)25-15-5-1-4-10-22-11-13-23(14-12-22)16-6-2-3-8-19-16;1-2(3,4)5;/h2-3,6-9H,1,4-5,10-15H2,(H,20,21,24);1H3;1H/p-1. The number of rotatable bonds is 8. The fourth-order valence-electron chi connectivity index (χ4n) is 2.95. The Morgan fingerprint density at radius 2 is 1.74 bits per heavy atom. The average molecular weight is 479 g/mol. The van der Waals surface area contributed by atoms with Gasteiger partial charge < -0.3 is 22.3 Å². The molecule has 0 bridgehead atoms. The molecule has 1 aliphatic heterocycles. The predicted molar refractivity (Wildman–Crippen MR) is 114 cm³/mol. The van der Waals surface area contributed by atoms with Crippen molar-refractivity contribution in [2.45, 2.75) is 37.5 Å². The van der Waals surface area contributed by atoms with E-state index in [9.17, 15) is 18.0 Å². The van der Waals surface area contributed by atoms with Crippen LogP contribution >= 0.6 is 11.8 Å². The number of thioether (sulfide) groups is 1. The summed E-state index contributed by atoms with van der Waals surface area (Å²) in [4.78, 5) is 27.4. The number of nitrogens with zero attached hydrogens (tertiary/aromatic N) is 4. The molecule has 0 unspecified atom stereocenters. The first-order chi connectivity index (χ1) is 14.3. The van der Waals surface area contributed by atoms with Crippen LogP contribution in [0.1, 0.15) is 26.2 Å². The maximum atomic E-state index is 11.2. The third kappa shape index (κ3) is 12.6. The van der Waals surface area contributed by atoms with Crippen molar-refractivity contribution in [1.82, 2.24) is 19.9 Å². The zero-order valence-electron chi connectivity index (χ0n) is 17.4. The molecule has 0 radical (unpaired) electrons. The highest BCUT2D eigenvalue weighted by Crippen LogP contribution is 2.15. The molecule has 1 fully saturated rings. The molecular weight excluding hydrogens is 451 g/mol. The summed E-state index contributed by atoms with van der Waals surface area (Å²) in [6.45, 7) is 5.69. The molecule has 2 aromatic rings. The zero-order valence-corrected chi connectivity index (χ0v) is 19.0. The lowest BCUT2D eigenvalue weighted by Gasteiger charge is -2.35. The van der Waals surface area contributed by atoms with E-state index in [0.29, 0.717) is 0 Å². The van der Waals surface area contributed by atoms with E-state index in [1.165, 1.54) is 25.5 Å². The third-order valence-corrected chi connectivity index (χ3v) is 5.32. The van der Waals surface area contributed by atoms with E-state index in [1.807, 2.05) is 18.3 Å². The third-order valence-electron chi connectivity index (χ3n) is 4.35. The van der Waals surface area contributed by atoms with Gasteiger partial charge in [-0.15, -0.1) is 0 Å². The minimum Gasteiger partial charge on any atom is -1.00 e. The van der Waals surface area contributed by atoms with Gasteiger partial charge in [0.25, 0.3) is 5.56 Å². The number of unbranched alkanes of at least 4 members (excludes halogenated alkanes) is 2. The maximum absolute atomic E-state index is 11.2. The first kappa shape index (κ1) is 27.3. The van der Waals surface area contributed by atoms with Crippen molar-refractivity contribution < 1.29 is 25.6 Å². The summed E-state index contributed by atoms with van der Waals surface area (Å²) in [7, 11) is 0. The van der Waals surface area contributed by atoms with Crippen LogP contribution in [-0.2, 0) is 0 Å². The van der Waals surface area contributed by atoms with Crippen LogP contribution in [0.15, 0.2) is 46.6 Å². The van der Waals surface area contributed by atoms with Crippen LogP contribution in [0.25, 0.3) is 0 Å². The van der Waals surface area contributed by atoms with E-state index in [1.54, 1.807) is 18.0 Å². The van der Waals surface area contributed by atoms with Gasteiger partial charge in [0.05, 0.1) is 0 Å². The highest BCUT2D eigenvalue weighted by atomic mass is 35.5. The van der Waals surface area contributed by atoms with Crippen molar-refractivity contribution in [2.24, 2.45) is 0 Å². The van der Waals surface area contributed by atoms with E-state index in [4.69, 9.17) is 0 Å². The smallest absolute Gasteiger partial charge is 0.386 e. The van der Waals surface area contributed by atoms with Crippen LogP contribution in [0, 0.1) is 0 Å². The van der Waals surface area contributed by atoms with Gasteiger partial charge >= 0.3 is 6.18 Å². The van der Waals surface area contributed by atoms with Crippen molar-refractivity contribution >= 4 is 17.6 Å². The molecule has 0 aromatic carbocycles. The van der Waals surface area contributed by atoms with Gasteiger partial charge in [0.2, 0.25) is 0 Å². The highest BCUT2D eigenvalue weighted by molar-refractivity contribution is 7.99. The molecule has 3 heterocycles. The van der Waals surface area contributed by atoms with Gasteiger partial charge in [-0.2, -0.15) is 13.2 Å². The Hall–Kier alpha value is -1.78. The number of hydrogen-bond acceptors (Lipinski definition) is 6. The number of hydrogen-bond donors (Lipinski definition) is 1. The Bertz CT molecular complexity index is 780. The molecule has 6 nitrogen and oxygen atoms in total. The molecule has 2 aromatic heterocycles. The van der Waals surface area contributed by atoms with Gasteiger partial charge in [-0.25, -0.2) is 9.97 Å². The van der Waals surface area contributed by atoms with Gasteiger partial charge in [-0.05, 0) is 31.5 Å². The second kappa shape index (κ2) is 14.3. The molecule has 0 atom stereocenters. The van der Waals surface area contributed by atoms with Gasteiger partial charge in [0, 0.05) is 57.3 Å². The van der Waals surface area contributed by atoms with E-state index < -0.39 is 6.18 Å². The van der Waals surface area contributed by atoms with E-state index >= 15 is 0 Å². The second-order valence-corrected chi connectivity index (χ2v) is 8.03. The lowest BCUT2D eigenvalue weighted by Crippen LogP contribution is -3.00. The van der Waals surface area contributed by atoms with Gasteiger partial charge in [-0.3, -0.25) is 9.69 Å². The topological polar surface area (TPSA) is 65.1 Å². The Balaban J connectivity index is 0.000000721. The maximum Gasteiger partial charge on any atom is 0.386 e. The minimum absolute atomic E-state index is 0. The van der Waals surface area contributed by atoms with E-state index in [2.05, 4.69) is 30.8 Å². The summed E-state index contributed by atoms with van der Waals surface area (Å²) < 4.78 is 31.1. The molecule has 1 aliphatic rings. The van der Waals surface area contributed by atoms with Crippen LogP contribution in [-0.4, -0.2) is 64.5 Å². The average Bonchev–Trinajstić information content (AvgIpc) is 2.70. The monoisotopic (exact) mass is 478 g/mol. The van der Waals surface area contributed by atoms with E-state index in [-0.39, 0.29) is 24.9 Å². The predicted octanol–water partition coefficient (Wildman–Crippen LogP) is 0.822. The van der Waals surface area contributed by atoms with Crippen molar-refractivity contribution in [1.29, 1.82) is 0 Å². The summed E-state index contributed by atoms with van der Waals surface area (Å²) in [5, 5.41) is 0.721. The molecule has 174 valence electrons. The fraction of sp³-hybridized carbons (Fsp3) is 0.550. The number of pyridine rings is 1. The quantitative estimate of drug-likeness (QED) is 0.344. The summed E-state index contributed by atoms with van der Waals surface area (Å²) in [6, 6.07) is 7.54. The van der Waals surface area contributed by atoms with Crippen molar-refractivity contribution in [3.8, 4) is 0 Å². The molecule has 0 spiro atoms. The Labute approximate surface area is 191 Å². The first-order valence-electron chi connectivity index (χ1n) is 9.94. The summed E-state index contributed by atoms with van der Waals surface area (Å²) in [6.07, 6.45) is 3.01. The lowest BCUT2D eigenvalue weighted by atomic mass is 10.2.